The van der Waals surface area contributed by atoms with E-state index < -0.39 is 14.4 Å². The van der Waals surface area contributed by atoms with Crippen LogP contribution in [-0.4, -0.2) is 46.1 Å². The second-order valence-corrected chi connectivity index (χ2v) is 14.6. The molecule has 192 valence electrons. The summed E-state index contributed by atoms with van der Waals surface area (Å²) in [7, 11) is -0.993. The molecule has 0 saturated heterocycles. The molecule has 5 heteroatoms. The summed E-state index contributed by atoms with van der Waals surface area (Å²) in [5.74, 6) is 0.172. The van der Waals surface area contributed by atoms with Crippen LogP contribution in [0.3, 0.4) is 0 Å². The molecule has 0 radical (unpaired) electrons. The third-order valence-corrected chi connectivity index (χ3v) is 11.5. The van der Waals surface area contributed by atoms with E-state index in [9.17, 15) is 5.11 Å². The van der Waals surface area contributed by atoms with Crippen molar-refractivity contribution in [2.75, 3.05) is 20.5 Å². The number of aliphatic hydroxyl groups is 1. The average molecular weight is 497 g/mol. The van der Waals surface area contributed by atoms with E-state index in [0.29, 0.717) is 13.0 Å². The zero-order valence-corrected chi connectivity index (χ0v) is 23.3. The molecule has 0 spiro atoms. The van der Waals surface area contributed by atoms with Gasteiger partial charge in [-0.3, -0.25) is 0 Å². The number of aliphatic hydroxyl groups excluding tert-OH is 1. The van der Waals surface area contributed by atoms with E-state index in [1.165, 1.54) is 10.4 Å². The van der Waals surface area contributed by atoms with Gasteiger partial charge >= 0.3 is 0 Å². The number of hydrogen-bond acceptors (Lipinski definition) is 4. The number of methoxy groups -OCH3 is 1. The lowest BCUT2D eigenvalue weighted by molar-refractivity contribution is -0.106. The Morgan fingerprint density at radius 1 is 0.943 bits per heavy atom. The summed E-state index contributed by atoms with van der Waals surface area (Å²) < 4.78 is 18.5. The van der Waals surface area contributed by atoms with Gasteiger partial charge in [0.1, 0.15) is 6.79 Å². The lowest BCUT2D eigenvalue weighted by Gasteiger charge is -2.44. The van der Waals surface area contributed by atoms with Crippen LogP contribution < -0.4 is 10.4 Å². The summed E-state index contributed by atoms with van der Waals surface area (Å²) in [6.07, 6.45) is 5.43. The van der Waals surface area contributed by atoms with Crippen molar-refractivity contribution >= 4 is 18.7 Å². The third kappa shape index (κ3) is 7.73. The Bertz CT molecular complexity index is 852. The Morgan fingerprint density at radius 3 is 1.94 bits per heavy atom. The summed E-state index contributed by atoms with van der Waals surface area (Å²) in [5.41, 5.74) is 0. The third-order valence-electron chi connectivity index (χ3n) is 6.48. The second-order valence-electron chi connectivity index (χ2n) is 10.3. The van der Waals surface area contributed by atoms with Gasteiger partial charge in [0.05, 0.1) is 12.2 Å². The van der Waals surface area contributed by atoms with E-state index >= 15 is 0 Å². The molecule has 2 aromatic rings. The average Bonchev–Trinajstić information content (AvgIpc) is 2.84. The van der Waals surface area contributed by atoms with Crippen molar-refractivity contribution in [1.29, 1.82) is 0 Å². The molecule has 0 bridgehead atoms. The van der Waals surface area contributed by atoms with Crippen molar-refractivity contribution in [3.63, 3.8) is 0 Å². The minimum atomic E-state index is -2.63. The molecule has 0 aliphatic rings. The number of rotatable bonds is 14. The standard InChI is InChI=1S/C30H44O4Si/c1-8-15-26(31)21-20-24(2)29(33-23-32-7)25(3)22-34-35(30(4,5)6,27-16-11-9-12-17-27)28-18-13-10-14-19-28/h8-14,16-21,24-26,29,31H,1,15,22-23H2,2-7H3/b21-20-/t24-,25-,26-,29-/m0/s1. The Labute approximate surface area is 213 Å². The van der Waals surface area contributed by atoms with E-state index in [0.717, 1.165) is 0 Å². The highest BCUT2D eigenvalue weighted by Gasteiger charge is 2.50. The largest absolute Gasteiger partial charge is 0.407 e. The number of ether oxygens (including phenoxy) is 2. The fourth-order valence-corrected chi connectivity index (χ4v) is 9.42. The van der Waals surface area contributed by atoms with Crippen LogP contribution in [-0.2, 0) is 13.9 Å². The van der Waals surface area contributed by atoms with Crippen molar-refractivity contribution in [1.82, 2.24) is 0 Å². The normalized spacial score (nSPS) is 16.1. The van der Waals surface area contributed by atoms with Crippen molar-refractivity contribution in [3.8, 4) is 0 Å². The molecule has 2 aromatic carbocycles. The highest BCUT2D eigenvalue weighted by Crippen LogP contribution is 2.37. The maximum absolute atomic E-state index is 10.1. The summed E-state index contributed by atoms with van der Waals surface area (Å²) in [6, 6.07) is 21.4. The SMILES string of the molecule is C=CC[C@H](O)/C=C\[C@H](C)[C@H](OCOC)[C@@H](C)CO[Si](c1ccccc1)(c1ccccc1)C(C)(C)C. The fourth-order valence-electron chi connectivity index (χ4n) is 4.76. The maximum atomic E-state index is 10.1. The Hall–Kier alpha value is -2.02. The quantitative estimate of drug-likeness (QED) is 0.219. The van der Waals surface area contributed by atoms with Crippen LogP contribution in [0.4, 0.5) is 0 Å². The van der Waals surface area contributed by atoms with Gasteiger partial charge in [-0.25, -0.2) is 0 Å². The highest BCUT2D eigenvalue weighted by molar-refractivity contribution is 6.99. The summed E-state index contributed by atoms with van der Waals surface area (Å²) in [6.45, 7) is 15.6. The van der Waals surface area contributed by atoms with Gasteiger partial charge in [-0.1, -0.05) is 114 Å². The molecule has 4 nitrogen and oxygen atoms in total. The van der Waals surface area contributed by atoms with Gasteiger partial charge in [-0.15, -0.1) is 6.58 Å². The van der Waals surface area contributed by atoms with Crippen molar-refractivity contribution < 1.29 is 19.0 Å². The molecule has 2 rings (SSSR count). The molecule has 4 atom stereocenters. The van der Waals surface area contributed by atoms with E-state index in [1.807, 2.05) is 12.2 Å². The monoisotopic (exact) mass is 496 g/mol. The van der Waals surface area contributed by atoms with Crippen molar-refractivity contribution in [3.05, 3.63) is 85.5 Å². The minimum absolute atomic E-state index is 0.0716. The Balaban J connectivity index is 2.38. The fraction of sp³-hybridized carbons (Fsp3) is 0.467. The molecule has 0 unspecified atom stereocenters. The van der Waals surface area contributed by atoms with Gasteiger partial charge in [0.2, 0.25) is 0 Å². The molecule has 0 aliphatic carbocycles. The Morgan fingerprint density at radius 2 is 1.49 bits per heavy atom. The molecular weight excluding hydrogens is 452 g/mol. The van der Waals surface area contributed by atoms with E-state index in [4.69, 9.17) is 13.9 Å². The van der Waals surface area contributed by atoms with Gasteiger partial charge in [0, 0.05) is 25.6 Å². The van der Waals surface area contributed by atoms with Gasteiger partial charge in [0.25, 0.3) is 8.32 Å². The summed E-state index contributed by atoms with van der Waals surface area (Å²) in [5, 5.41) is 12.5. The molecule has 0 aromatic heterocycles. The topological polar surface area (TPSA) is 47.9 Å². The molecule has 1 N–H and O–H groups in total. The van der Waals surface area contributed by atoms with E-state index in [1.54, 1.807) is 13.2 Å². The van der Waals surface area contributed by atoms with Crippen LogP contribution in [0.15, 0.2) is 85.5 Å². The first-order chi connectivity index (χ1) is 16.7. The molecule has 35 heavy (non-hydrogen) atoms. The van der Waals surface area contributed by atoms with E-state index in [2.05, 4.69) is 102 Å². The second kappa shape index (κ2) is 13.9. The molecule has 0 fully saturated rings. The first kappa shape index (κ1) is 29.2. The van der Waals surface area contributed by atoms with Gasteiger partial charge < -0.3 is 19.0 Å². The molecule has 0 heterocycles. The zero-order chi connectivity index (χ0) is 25.9. The lowest BCUT2D eigenvalue weighted by atomic mass is 9.93. The van der Waals surface area contributed by atoms with Gasteiger partial charge in [-0.2, -0.15) is 0 Å². The van der Waals surface area contributed by atoms with Crippen molar-refractivity contribution in [2.24, 2.45) is 11.8 Å². The number of hydrogen-bond donors (Lipinski definition) is 1. The van der Waals surface area contributed by atoms with Crippen LogP contribution in [0.25, 0.3) is 0 Å². The van der Waals surface area contributed by atoms with Gasteiger partial charge in [-0.05, 0) is 21.8 Å². The van der Waals surface area contributed by atoms with Crippen LogP contribution in [0.1, 0.15) is 41.0 Å². The lowest BCUT2D eigenvalue weighted by Crippen LogP contribution is -2.67. The Kier molecular flexibility index (Phi) is 11.6. The summed E-state index contributed by atoms with van der Waals surface area (Å²) >= 11 is 0. The van der Waals surface area contributed by atoms with Crippen LogP contribution in [0.2, 0.25) is 5.04 Å². The molecule has 0 aliphatic heterocycles. The first-order valence-electron chi connectivity index (χ1n) is 12.5. The highest BCUT2D eigenvalue weighted by atomic mass is 28.4. The van der Waals surface area contributed by atoms with Crippen LogP contribution in [0.5, 0.6) is 0 Å². The first-order valence-corrected chi connectivity index (χ1v) is 14.4. The molecule has 0 amide bonds. The van der Waals surface area contributed by atoms with Crippen LogP contribution in [0, 0.1) is 11.8 Å². The number of benzene rings is 2. The zero-order valence-electron chi connectivity index (χ0n) is 22.3. The predicted molar refractivity (Wildman–Crippen MR) is 149 cm³/mol. The molecular formula is C30H44O4Si. The minimum Gasteiger partial charge on any atom is -0.407 e. The summed E-state index contributed by atoms with van der Waals surface area (Å²) in [4.78, 5) is 0. The van der Waals surface area contributed by atoms with Gasteiger partial charge in [0.15, 0.2) is 0 Å². The van der Waals surface area contributed by atoms with Crippen LogP contribution >= 0.6 is 0 Å². The predicted octanol–water partition coefficient (Wildman–Crippen LogP) is 5.32. The van der Waals surface area contributed by atoms with E-state index in [-0.39, 0.29) is 29.8 Å². The smallest absolute Gasteiger partial charge is 0.261 e. The molecule has 0 saturated carbocycles. The maximum Gasteiger partial charge on any atom is 0.261 e. The van der Waals surface area contributed by atoms with Crippen molar-refractivity contribution in [2.45, 2.75) is 58.3 Å².